The average molecular weight is 508 g/mol. The molecule has 1 amide bonds. The van der Waals surface area contributed by atoms with Gasteiger partial charge >= 0.3 is 0 Å². The first-order valence-electron chi connectivity index (χ1n) is 10.5. The van der Waals surface area contributed by atoms with Crippen molar-refractivity contribution >= 4 is 40.7 Å². The third kappa shape index (κ3) is 4.09. The predicted molar refractivity (Wildman–Crippen MR) is 128 cm³/mol. The van der Waals surface area contributed by atoms with Gasteiger partial charge < -0.3 is 9.47 Å². The summed E-state index contributed by atoms with van der Waals surface area (Å²) in [6.07, 6.45) is 0. The molecule has 2 aromatic carbocycles. The van der Waals surface area contributed by atoms with Gasteiger partial charge in [0.05, 0.1) is 35.2 Å². The van der Waals surface area contributed by atoms with Gasteiger partial charge in [0.2, 0.25) is 0 Å². The van der Waals surface area contributed by atoms with E-state index in [4.69, 9.17) is 49.4 Å². The number of morpholine rings is 1. The molecule has 0 radical (unpaired) electrons. The van der Waals surface area contributed by atoms with Gasteiger partial charge in [0.1, 0.15) is 11.4 Å². The summed E-state index contributed by atoms with van der Waals surface area (Å²) in [5, 5.41) is 8.04. The number of hydrogen-bond acceptors (Lipinski definition) is 5. The molecule has 0 unspecified atom stereocenters. The Kier molecular flexibility index (Phi) is 5.79. The molecule has 0 saturated carbocycles. The van der Waals surface area contributed by atoms with Gasteiger partial charge in [-0.2, -0.15) is 5.10 Å². The van der Waals surface area contributed by atoms with E-state index in [2.05, 4.69) is 5.43 Å². The van der Waals surface area contributed by atoms with E-state index in [0.717, 1.165) is 5.56 Å². The summed E-state index contributed by atoms with van der Waals surface area (Å²) < 4.78 is 13.4. The fraction of sp³-hybridized carbons (Fsp3) is 0.304. The highest BCUT2D eigenvalue weighted by Gasteiger charge is 2.41. The number of aromatic nitrogens is 2. The SMILES string of the molecule is CC1(C)Oc2cc(Cl)ccc2-c2c1c(C(=O)NN1CCOCC1)nn2-c1ccc(Cl)cc1Cl. The fourth-order valence-corrected chi connectivity index (χ4v) is 4.85. The van der Waals surface area contributed by atoms with Gasteiger partial charge in [-0.05, 0) is 50.2 Å². The van der Waals surface area contributed by atoms with E-state index in [1.165, 1.54) is 0 Å². The molecule has 2 aliphatic rings. The minimum absolute atomic E-state index is 0.258. The Hall–Kier alpha value is -2.29. The molecule has 0 bridgehead atoms. The first kappa shape index (κ1) is 22.5. The van der Waals surface area contributed by atoms with Crippen LogP contribution in [0.15, 0.2) is 36.4 Å². The smallest absolute Gasteiger partial charge is 0.286 e. The van der Waals surface area contributed by atoms with E-state index in [9.17, 15) is 4.79 Å². The third-order valence-electron chi connectivity index (χ3n) is 5.68. The van der Waals surface area contributed by atoms with Gasteiger partial charge in [0, 0.05) is 28.7 Å². The van der Waals surface area contributed by atoms with E-state index < -0.39 is 5.60 Å². The predicted octanol–water partition coefficient (Wildman–Crippen LogP) is 5.10. The second-order valence-electron chi connectivity index (χ2n) is 8.37. The standard InChI is InChI=1S/C23H21Cl3N4O3/c1-23(2)19-20(22(31)28-29-7-9-32-10-8-29)27-30(17-6-4-13(24)11-16(17)26)21(19)15-5-3-14(25)12-18(15)33-23/h3-6,11-12H,7-10H2,1-2H3,(H,28,31). The molecule has 3 aromatic rings. The normalized spacial score (nSPS) is 17.1. The summed E-state index contributed by atoms with van der Waals surface area (Å²) in [7, 11) is 0. The van der Waals surface area contributed by atoms with Crippen molar-refractivity contribution in [3.8, 4) is 22.7 Å². The fourth-order valence-electron chi connectivity index (χ4n) is 4.20. The molecular formula is C23H21Cl3N4O3. The molecule has 7 nitrogen and oxygen atoms in total. The number of hydrogen-bond donors (Lipinski definition) is 1. The van der Waals surface area contributed by atoms with Crippen LogP contribution in [0.25, 0.3) is 16.9 Å². The van der Waals surface area contributed by atoms with Crippen molar-refractivity contribution in [3.63, 3.8) is 0 Å². The van der Waals surface area contributed by atoms with E-state index in [0.29, 0.717) is 64.1 Å². The molecule has 33 heavy (non-hydrogen) atoms. The molecule has 0 aliphatic carbocycles. The number of carbonyl (C=O) groups is 1. The maximum atomic E-state index is 13.4. The zero-order valence-electron chi connectivity index (χ0n) is 18.0. The molecule has 2 aliphatic heterocycles. The molecule has 1 aromatic heterocycles. The minimum Gasteiger partial charge on any atom is -0.482 e. The lowest BCUT2D eigenvalue weighted by molar-refractivity contribution is 0.0122. The summed E-state index contributed by atoms with van der Waals surface area (Å²) in [5.41, 5.74) is 5.09. The molecule has 0 spiro atoms. The topological polar surface area (TPSA) is 68.6 Å². The number of nitrogens with one attached hydrogen (secondary N) is 1. The first-order valence-corrected chi connectivity index (χ1v) is 11.6. The van der Waals surface area contributed by atoms with Crippen molar-refractivity contribution in [2.24, 2.45) is 0 Å². The Morgan fingerprint density at radius 3 is 2.48 bits per heavy atom. The van der Waals surface area contributed by atoms with Gasteiger partial charge in [0.15, 0.2) is 5.69 Å². The second-order valence-corrected chi connectivity index (χ2v) is 9.65. The summed E-state index contributed by atoms with van der Waals surface area (Å²) in [6, 6.07) is 10.6. The van der Waals surface area contributed by atoms with Crippen molar-refractivity contribution in [1.82, 2.24) is 20.2 Å². The molecule has 10 heteroatoms. The van der Waals surface area contributed by atoms with Crippen LogP contribution in [-0.2, 0) is 10.3 Å². The van der Waals surface area contributed by atoms with Crippen molar-refractivity contribution in [2.75, 3.05) is 26.3 Å². The van der Waals surface area contributed by atoms with Crippen LogP contribution in [-0.4, -0.2) is 47.0 Å². The Morgan fingerprint density at radius 2 is 1.76 bits per heavy atom. The number of carbonyl (C=O) groups excluding carboxylic acids is 1. The molecule has 172 valence electrons. The van der Waals surface area contributed by atoms with Crippen molar-refractivity contribution in [1.29, 1.82) is 0 Å². The monoisotopic (exact) mass is 506 g/mol. The number of ether oxygens (including phenoxy) is 2. The van der Waals surface area contributed by atoms with Crippen LogP contribution in [0.3, 0.4) is 0 Å². The molecule has 1 N–H and O–H groups in total. The van der Waals surface area contributed by atoms with E-state index in [-0.39, 0.29) is 11.6 Å². The minimum atomic E-state index is -0.859. The second kappa shape index (κ2) is 8.49. The Balaban J connectivity index is 1.72. The van der Waals surface area contributed by atoms with Crippen LogP contribution in [0, 0.1) is 0 Å². The Bertz CT molecular complexity index is 1250. The highest BCUT2D eigenvalue weighted by molar-refractivity contribution is 6.35. The summed E-state index contributed by atoms with van der Waals surface area (Å²) >= 11 is 18.9. The average Bonchev–Trinajstić information content (AvgIpc) is 3.16. The lowest BCUT2D eigenvalue weighted by Crippen LogP contribution is -2.49. The van der Waals surface area contributed by atoms with Gasteiger partial charge in [-0.3, -0.25) is 10.2 Å². The zero-order chi connectivity index (χ0) is 23.3. The van der Waals surface area contributed by atoms with Crippen LogP contribution < -0.4 is 10.2 Å². The lowest BCUT2D eigenvalue weighted by atomic mass is 9.89. The molecule has 0 atom stereocenters. The molecule has 5 rings (SSSR count). The molecular weight excluding hydrogens is 487 g/mol. The summed E-state index contributed by atoms with van der Waals surface area (Å²) in [4.78, 5) is 13.4. The lowest BCUT2D eigenvalue weighted by Gasteiger charge is -2.34. The van der Waals surface area contributed by atoms with Crippen molar-refractivity contribution < 1.29 is 14.3 Å². The van der Waals surface area contributed by atoms with E-state index in [1.54, 1.807) is 35.0 Å². The number of fused-ring (bicyclic) bond motifs is 3. The van der Waals surface area contributed by atoms with Crippen LogP contribution >= 0.6 is 34.8 Å². The largest absolute Gasteiger partial charge is 0.482 e. The van der Waals surface area contributed by atoms with Gasteiger partial charge in [-0.15, -0.1) is 0 Å². The number of amides is 1. The quantitative estimate of drug-likeness (QED) is 0.534. The molecule has 3 heterocycles. The van der Waals surface area contributed by atoms with Gasteiger partial charge in [0.25, 0.3) is 5.91 Å². The van der Waals surface area contributed by atoms with E-state index >= 15 is 0 Å². The van der Waals surface area contributed by atoms with E-state index in [1.807, 2.05) is 24.9 Å². The molecule has 1 saturated heterocycles. The maximum Gasteiger partial charge on any atom is 0.286 e. The first-order chi connectivity index (χ1) is 15.7. The molecule has 1 fully saturated rings. The number of benzene rings is 2. The van der Waals surface area contributed by atoms with Gasteiger partial charge in [-0.25, -0.2) is 9.69 Å². The highest BCUT2D eigenvalue weighted by Crippen LogP contribution is 2.48. The number of rotatable bonds is 3. The highest BCUT2D eigenvalue weighted by atomic mass is 35.5. The van der Waals surface area contributed by atoms with Crippen molar-refractivity contribution in [3.05, 3.63) is 62.7 Å². The Labute approximate surface area is 206 Å². The maximum absolute atomic E-state index is 13.4. The van der Waals surface area contributed by atoms with Crippen LogP contribution in [0.1, 0.15) is 29.9 Å². The van der Waals surface area contributed by atoms with Crippen LogP contribution in [0.4, 0.5) is 0 Å². The van der Waals surface area contributed by atoms with Crippen molar-refractivity contribution in [2.45, 2.75) is 19.4 Å². The third-order valence-corrected chi connectivity index (χ3v) is 6.45. The summed E-state index contributed by atoms with van der Waals surface area (Å²) in [5.74, 6) is 0.275. The zero-order valence-corrected chi connectivity index (χ0v) is 20.3. The summed E-state index contributed by atoms with van der Waals surface area (Å²) in [6.45, 7) is 6.09. The van der Waals surface area contributed by atoms with Crippen LogP contribution in [0.5, 0.6) is 5.75 Å². The number of hydrazine groups is 1. The number of halogens is 3. The van der Waals surface area contributed by atoms with Crippen LogP contribution in [0.2, 0.25) is 15.1 Å². The number of nitrogens with zero attached hydrogens (tertiary/aromatic N) is 3. The Morgan fingerprint density at radius 1 is 1.06 bits per heavy atom. The van der Waals surface area contributed by atoms with Gasteiger partial charge in [-0.1, -0.05) is 34.8 Å².